The van der Waals surface area contributed by atoms with Crippen LogP contribution < -0.4 is 0 Å². The van der Waals surface area contributed by atoms with Crippen molar-refractivity contribution in [1.29, 1.82) is 0 Å². The van der Waals surface area contributed by atoms with E-state index in [0.717, 1.165) is 38.9 Å². The third-order valence-corrected chi connectivity index (χ3v) is 1.86. The molecule has 15 heavy (non-hydrogen) atoms. The first-order valence-electron chi connectivity index (χ1n) is 5.85. The van der Waals surface area contributed by atoms with Gasteiger partial charge in [-0.3, -0.25) is 0 Å². The summed E-state index contributed by atoms with van der Waals surface area (Å²) in [6.07, 6.45) is 9.76. The molecular weight excluding hydrogens is 188 g/mol. The summed E-state index contributed by atoms with van der Waals surface area (Å²) in [5.41, 5.74) is 0. The van der Waals surface area contributed by atoms with Crippen LogP contribution in [0.3, 0.4) is 0 Å². The van der Waals surface area contributed by atoms with Crippen molar-refractivity contribution in [3.8, 4) is 0 Å². The summed E-state index contributed by atoms with van der Waals surface area (Å²) in [6, 6.07) is 0. The van der Waals surface area contributed by atoms with Crippen molar-refractivity contribution in [2.75, 3.05) is 13.2 Å². The maximum Gasteiger partial charge on any atom is 0.157 e. The van der Waals surface area contributed by atoms with Crippen LogP contribution >= 0.6 is 0 Å². The Morgan fingerprint density at radius 3 is 2.20 bits per heavy atom. The SMILES string of the molecule is C=C/C=C\CCC(OCCC)OCCC. The summed E-state index contributed by atoms with van der Waals surface area (Å²) in [5, 5.41) is 0. The molecule has 0 fully saturated rings. The molecule has 88 valence electrons. The minimum Gasteiger partial charge on any atom is -0.353 e. The zero-order chi connectivity index (χ0) is 11.4. The van der Waals surface area contributed by atoms with E-state index in [1.807, 2.05) is 6.08 Å². The Morgan fingerprint density at radius 2 is 1.73 bits per heavy atom. The zero-order valence-electron chi connectivity index (χ0n) is 10.1. The van der Waals surface area contributed by atoms with E-state index in [9.17, 15) is 0 Å². The maximum absolute atomic E-state index is 5.59. The second-order valence-corrected chi connectivity index (χ2v) is 3.41. The Kier molecular flexibility index (Phi) is 11.0. The summed E-state index contributed by atoms with van der Waals surface area (Å²) in [6.45, 7) is 9.39. The fourth-order valence-electron chi connectivity index (χ4n) is 1.14. The molecule has 0 bridgehead atoms. The van der Waals surface area contributed by atoms with E-state index < -0.39 is 0 Å². The van der Waals surface area contributed by atoms with Crippen molar-refractivity contribution in [2.45, 2.75) is 45.8 Å². The van der Waals surface area contributed by atoms with Crippen LogP contribution in [0.4, 0.5) is 0 Å². The normalized spacial score (nSPS) is 11.4. The average molecular weight is 212 g/mol. The molecule has 0 spiro atoms. The van der Waals surface area contributed by atoms with Crippen molar-refractivity contribution in [1.82, 2.24) is 0 Å². The average Bonchev–Trinajstić information content (AvgIpc) is 2.27. The van der Waals surface area contributed by atoms with Gasteiger partial charge in [-0.1, -0.05) is 38.7 Å². The molecule has 0 amide bonds. The Hall–Kier alpha value is -0.600. The molecule has 0 aliphatic carbocycles. The van der Waals surface area contributed by atoms with Crippen LogP contribution in [0.5, 0.6) is 0 Å². The Balaban J connectivity index is 3.67. The molecule has 0 radical (unpaired) electrons. The molecule has 0 atom stereocenters. The fourth-order valence-corrected chi connectivity index (χ4v) is 1.14. The summed E-state index contributed by atoms with van der Waals surface area (Å²) < 4.78 is 11.2. The monoisotopic (exact) mass is 212 g/mol. The summed E-state index contributed by atoms with van der Waals surface area (Å²) >= 11 is 0. The van der Waals surface area contributed by atoms with E-state index in [2.05, 4.69) is 26.5 Å². The van der Waals surface area contributed by atoms with Crippen molar-refractivity contribution in [2.24, 2.45) is 0 Å². The highest BCUT2D eigenvalue weighted by molar-refractivity contribution is 4.96. The summed E-state index contributed by atoms with van der Waals surface area (Å²) in [7, 11) is 0. The lowest BCUT2D eigenvalue weighted by atomic mass is 10.3. The van der Waals surface area contributed by atoms with Crippen LogP contribution in [0.1, 0.15) is 39.5 Å². The standard InChI is InChI=1S/C13H24O2/c1-4-7-8-9-10-13(14-11-5-2)15-12-6-3/h4,7-8,13H,1,5-6,9-12H2,2-3H3/b8-7-. The van der Waals surface area contributed by atoms with E-state index >= 15 is 0 Å². The molecule has 0 aliphatic rings. The smallest absolute Gasteiger partial charge is 0.157 e. The van der Waals surface area contributed by atoms with Gasteiger partial charge in [0.2, 0.25) is 0 Å². The Bertz CT molecular complexity index is 156. The third kappa shape index (κ3) is 9.70. The van der Waals surface area contributed by atoms with Gasteiger partial charge in [0.1, 0.15) is 0 Å². The van der Waals surface area contributed by atoms with E-state index in [1.165, 1.54) is 0 Å². The van der Waals surface area contributed by atoms with E-state index in [0.29, 0.717) is 0 Å². The van der Waals surface area contributed by atoms with Crippen LogP contribution in [0.2, 0.25) is 0 Å². The van der Waals surface area contributed by atoms with Crippen LogP contribution in [0.25, 0.3) is 0 Å². The first-order valence-corrected chi connectivity index (χ1v) is 5.85. The number of allylic oxidation sites excluding steroid dienone is 3. The molecule has 0 N–H and O–H groups in total. The quantitative estimate of drug-likeness (QED) is 0.406. The minimum absolute atomic E-state index is 0.0423. The van der Waals surface area contributed by atoms with Gasteiger partial charge < -0.3 is 9.47 Å². The lowest BCUT2D eigenvalue weighted by Gasteiger charge is -2.17. The molecule has 2 heteroatoms. The molecule has 2 nitrogen and oxygen atoms in total. The number of rotatable bonds is 10. The highest BCUT2D eigenvalue weighted by atomic mass is 16.7. The predicted molar refractivity (Wildman–Crippen MR) is 64.8 cm³/mol. The first kappa shape index (κ1) is 14.4. The second-order valence-electron chi connectivity index (χ2n) is 3.41. The third-order valence-electron chi connectivity index (χ3n) is 1.86. The van der Waals surface area contributed by atoms with Gasteiger partial charge in [0, 0.05) is 19.6 Å². The molecule has 0 aromatic rings. The minimum atomic E-state index is -0.0423. The zero-order valence-corrected chi connectivity index (χ0v) is 10.1. The van der Waals surface area contributed by atoms with Gasteiger partial charge >= 0.3 is 0 Å². The molecule has 0 heterocycles. The second kappa shape index (κ2) is 11.5. The molecule has 0 aliphatic heterocycles. The van der Waals surface area contributed by atoms with Gasteiger partial charge in [0.25, 0.3) is 0 Å². The number of hydrogen-bond donors (Lipinski definition) is 0. The molecule has 0 saturated carbocycles. The highest BCUT2D eigenvalue weighted by Gasteiger charge is 2.06. The largest absolute Gasteiger partial charge is 0.353 e. The first-order chi connectivity index (χ1) is 7.35. The lowest BCUT2D eigenvalue weighted by Crippen LogP contribution is -2.18. The lowest BCUT2D eigenvalue weighted by molar-refractivity contribution is -0.145. The number of ether oxygens (including phenoxy) is 2. The van der Waals surface area contributed by atoms with Gasteiger partial charge in [-0.15, -0.1) is 0 Å². The van der Waals surface area contributed by atoms with Crippen LogP contribution in [0, 0.1) is 0 Å². The van der Waals surface area contributed by atoms with E-state index in [1.54, 1.807) is 6.08 Å². The Morgan fingerprint density at radius 1 is 1.13 bits per heavy atom. The van der Waals surface area contributed by atoms with E-state index in [4.69, 9.17) is 9.47 Å². The van der Waals surface area contributed by atoms with Crippen molar-refractivity contribution in [3.05, 3.63) is 24.8 Å². The maximum atomic E-state index is 5.59. The highest BCUT2D eigenvalue weighted by Crippen LogP contribution is 2.06. The molecular formula is C13H24O2. The van der Waals surface area contributed by atoms with Gasteiger partial charge in [0.15, 0.2) is 6.29 Å². The molecule has 0 aromatic heterocycles. The Labute approximate surface area is 94.0 Å². The van der Waals surface area contributed by atoms with Crippen LogP contribution in [-0.2, 0) is 9.47 Å². The van der Waals surface area contributed by atoms with Crippen molar-refractivity contribution < 1.29 is 9.47 Å². The van der Waals surface area contributed by atoms with Gasteiger partial charge in [-0.2, -0.15) is 0 Å². The van der Waals surface area contributed by atoms with Gasteiger partial charge in [-0.05, 0) is 19.3 Å². The molecule has 0 aromatic carbocycles. The number of hydrogen-bond acceptors (Lipinski definition) is 2. The summed E-state index contributed by atoms with van der Waals surface area (Å²) in [5.74, 6) is 0. The fraction of sp³-hybridized carbons (Fsp3) is 0.692. The van der Waals surface area contributed by atoms with E-state index in [-0.39, 0.29) is 6.29 Å². The van der Waals surface area contributed by atoms with Crippen molar-refractivity contribution in [3.63, 3.8) is 0 Å². The van der Waals surface area contributed by atoms with Crippen LogP contribution in [0.15, 0.2) is 24.8 Å². The molecule has 0 saturated heterocycles. The van der Waals surface area contributed by atoms with Gasteiger partial charge in [-0.25, -0.2) is 0 Å². The van der Waals surface area contributed by atoms with Crippen LogP contribution in [-0.4, -0.2) is 19.5 Å². The topological polar surface area (TPSA) is 18.5 Å². The van der Waals surface area contributed by atoms with Gasteiger partial charge in [0.05, 0.1) is 0 Å². The summed E-state index contributed by atoms with van der Waals surface area (Å²) in [4.78, 5) is 0. The molecule has 0 unspecified atom stereocenters. The van der Waals surface area contributed by atoms with Crippen molar-refractivity contribution >= 4 is 0 Å². The predicted octanol–water partition coefficient (Wildman–Crippen LogP) is 3.69. The molecule has 0 rings (SSSR count).